The summed E-state index contributed by atoms with van der Waals surface area (Å²) in [6, 6.07) is 13.8. The van der Waals surface area contributed by atoms with Gasteiger partial charge in [0.25, 0.3) is 0 Å². The molecule has 0 bridgehead atoms. The van der Waals surface area contributed by atoms with Gasteiger partial charge in [-0.2, -0.15) is 0 Å². The van der Waals surface area contributed by atoms with Gasteiger partial charge in [0.15, 0.2) is 0 Å². The SMILES string of the molecule is CCOc1ccc2c(c1)CN(C(=O)Nc1cccc(COC)c1)CC2. The molecule has 0 spiro atoms. The van der Waals surface area contributed by atoms with E-state index in [0.717, 1.165) is 29.0 Å². The van der Waals surface area contributed by atoms with Crippen LogP contribution in [0.15, 0.2) is 42.5 Å². The molecule has 0 saturated heterocycles. The fourth-order valence-corrected chi connectivity index (χ4v) is 3.07. The van der Waals surface area contributed by atoms with E-state index in [2.05, 4.69) is 11.4 Å². The largest absolute Gasteiger partial charge is 0.494 e. The first kappa shape index (κ1) is 17.3. The van der Waals surface area contributed by atoms with Crippen LogP contribution in [0.3, 0.4) is 0 Å². The van der Waals surface area contributed by atoms with E-state index in [4.69, 9.17) is 9.47 Å². The average molecular weight is 340 g/mol. The number of nitrogens with zero attached hydrogens (tertiary/aromatic N) is 1. The molecule has 25 heavy (non-hydrogen) atoms. The van der Waals surface area contributed by atoms with Gasteiger partial charge in [-0.15, -0.1) is 0 Å². The van der Waals surface area contributed by atoms with E-state index in [0.29, 0.717) is 26.3 Å². The van der Waals surface area contributed by atoms with Crippen molar-refractivity contribution >= 4 is 11.7 Å². The molecule has 0 aliphatic carbocycles. The number of ether oxygens (including phenoxy) is 2. The van der Waals surface area contributed by atoms with Gasteiger partial charge in [0.05, 0.1) is 13.2 Å². The van der Waals surface area contributed by atoms with E-state index < -0.39 is 0 Å². The predicted molar refractivity (Wildman–Crippen MR) is 97.9 cm³/mol. The van der Waals surface area contributed by atoms with Crippen LogP contribution in [-0.4, -0.2) is 31.2 Å². The second kappa shape index (κ2) is 8.03. The van der Waals surface area contributed by atoms with Crippen LogP contribution < -0.4 is 10.1 Å². The maximum Gasteiger partial charge on any atom is 0.322 e. The van der Waals surface area contributed by atoms with Gasteiger partial charge in [0.1, 0.15) is 5.75 Å². The number of rotatable bonds is 5. The minimum Gasteiger partial charge on any atom is -0.494 e. The van der Waals surface area contributed by atoms with Gasteiger partial charge < -0.3 is 19.7 Å². The predicted octanol–water partition coefficient (Wildman–Crippen LogP) is 3.82. The van der Waals surface area contributed by atoms with Crippen molar-refractivity contribution in [3.63, 3.8) is 0 Å². The Morgan fingerprint density at radius 3 is 2.88 bits per heavy atom. The lowest BCUT2D eigenvalue weighted by molar-refractivity contribution is 0.185. The lowest BCUT2D eigenvalue weighted by Gasteiger charge is -2.29. The van der Waals surface area contributed by atoms with Crippen LogP contribution in [-0.2, 0) is 24.3 Å². The molecule has 1 aliphatic rings. The highest BCUT2D eigenvalue weighted by Gasteiger charge is 2.21. The number of fused-ring (bicyclic) bond motifs is 1. The molecule has 0 aromatic heterocycles. The number of urea groups is 1. The first-order valence-corrected chi connectivity index (χ1v) is 8.58. The zero-order valence-corrected chi connectivity index (χ0v) is 14.7. The van der Waals surface area contributed by atoms with E-state index in [1.807, 2.05) is 48.2 Å². The van der Waals surface area contributed by atoms with Crippen LogP contribution in [0.1, 0.15) is 23.6 Å². The van der Waals surface area contributed by atoms with E-state index in [9.17, 15) is 4.79 Å². The summed E-state index contributed by atoms with van der Waals surface area (Å²) < 4.78 is 10.7. The van der Waals surface area contributed by atoms with Gasteiger partial charge in [-0.05, 0) is 54.3 Å². The number of hydrogen-bond donors (Lipinski definition) is 1. The Morgan fingerprint density at radius 2 is 2.08 bits per heavy atom. The van der Waals surface area contributed by atoms with Crippen molar-refractivity contribution in [1.82, 2.24) is 4.90 Å². The Morgan fingerprint density at radius 1 is 1.20 bits per heavy atom. The van der Waals surface area contributed by atoms with Gasteiger partial charge in [0, 0.05) is 25.9 Å². The molecule has 1 heterocycles. The monoisotopic (exact) mass is 340 g/mol. The third-order valence-corrected chi connectivity index (χ3v) is 4.28. The standard InChI is InChI=1S/C20H24N2O3/c1-3-25-19-8-7-16-9-10-22(13-17(16)12-19)20(23)21-18-6-4-5-15(11-18)14-24-2/h4-8,11-12H,3,9-10,13-14H2,1-2H3,(H,21,23). The summed E-state index contributed by atoms with van der Waals surface area (Å²) in [7, 11) is 1.66. The minimum atomic E-state index is -0.0815. The molecule has 0 saturated carbocycles. The molecule has 0 unspecified atom stereocenters. The molecule has 0 fully saturated rings. The Hall–Kier alpha value is -2.53. The molecule has 1 N–H and O–H groups in total. The molecule has 2 aromatic carbocycles. The maximum atomic E-state index is 12.6. The molecule has 0 atom stereocenters. The fourth-order valence-electron chi connectivity index (χ4n) is 3.07. The summed E-state index contributed by atoms with van der Waals surface area (Å²) in [5, 5.41) is 2.98. The van der Waals surface area contributed by atoms with Crippen molar-refractivity contribution in [3.05, 3.63) is 59.2 Å². The van der Waals surface area contributed by atoms with Crippen molar-refractivity contribution < 1.29 is 14.3 Å². The number of anilines is 1. The third-order valence-electron chi connectivity index (χ3n) is 4.28. The smallest absolute Gasteiger partial charge is 0.322 e. The van der Waals surface area contributed by atoms with E-state index in [1.165, 1.54) is 5.56 Å². The Labute approximate surface area is 148 Å². The number of benzene rings is 2. The van der Waals surface area contributed by atoms with Crippen molar-refractivity contribution in [3.8, 4) is 5.75 Å². The van der Waals surface area contributed by atoms with Crippen LogP contribution >= 0.6 is 0 Å². The van der Waals surface area contributed by atoms with Gasteiger partial charge >= 0.3 is 6.03 Å². The van der Waals surface area contributed by atoms with Crippen molar-refractivity contribution in [1.29, 1.82) is 0 Å². The second-order valence-corrected chi connectivity index (χ2v) is 6.10. The van der Waals surface area contributed by atoms with E-state index >= 15 is 0 Å². The third kappa shape index (κ3) is 4.31. The molecule has 0 radical (unpaired) electrons. The molecular formula is C20H24N2O3. The van der Waals surface area contributed by atoms with Gasteiger partial charge in [0.2, 0.25) is 0 Å². The zero-order valence-electron chi connectivity index (χ0n) is 14.7. The maximum absolute atomic E-state index is 12.6. The second-order valence-electron chi connectivity index (χ2n) is 6.10. The lowest BCUT2D eigenvalue weighted by Crippen LogP contribution is -2.38. The lowest BCUT2D eigenvalue weighted by atomic mass is 10.00. The molecule has 5 heteroatoms. The molecule has 3 rings (SSSR count). The summed E-state index contributed by atoms with van der Waals surface area (Å²) in [6.45, 7) is 4.45. The van der Waals surface area contributed by atoms with Gasteiger partial charge in [-0.1, -0.05) is 18.2 Å². The highest BCUT2D eigenvalue weighted by atomic mass is 16.5. The Balaban J connectivity index is 1.67. The van der Waals surface area contributed by atoms with E-state index in [-0.39, 0.29) is 6.03 Å². The van der Waals surface area contributed by atoms with Crippen LogP contribution in [0.25, 0.3) is 0 Å². The number of carbonyl (C=O) groups excluding carboxylic acids is 1. The minimum absolute atomic E-state index is 0.0815. The average Bonchev–Trinajstić information content (AvgIpc) is 2.62. The van der Waals surface area contributed by atoms with Crippen LogP contribution in [0.5, 0.6) is 5.75 Å². The first-order chi connectivity index (χ1) is 12.2. The van der Waals surface area contributed by atoms with Crippen LogP contribution in [0.2, 0.25) is 0 Å². The number of hydrogen-bond acceptors (Lipinski definition) is 3. The molecule has 5 nitrogen and oxygen atoms in total. The molecular weight excluding hydrogens is 316 g/mol. The van der Waals surface area contributed by atoms with E-state index in [1.54, 1.807) is 7.11 Å². The number of nitrogens with one attached hydrogen (secondary N) is 1. The molecule has 2 aromatic rings. The van der Waals surface area contributed by atoms with Crippen molar-refractivity contribution in [2.45, 2.75) is 26.5 Å². The number of methoxy groups -OCH3 is 1. The summed E-state index contributed by atoms with van der Waals surface area (Å²) in [5.41, 5.74) is 4.26. The Bertz CT molecular complexity index is 745. The van der Waals surface area contributed by atoms with Gasteiger partial charge in [-0.25, -0.2) is 4.79 Å². The zero-order chi connectivity index (χ0) is 17.6. The Kier molecular flexibility index (Phi) is 5.56. The van der Waals surface area contributed by atoms with Crippen molar-refractivity contribution in [2.75, 3.05) is 25.6 Å². The quantitative estimate of drug-likeness (QED) is 0.900. The van der Waals surface area contributed by atoms with Crippen molar-refractivity contribution in [2.24, 2.45) is 0 Å². The van der Waals surface area contributed by atoms with Crippen LogP contribution in [0.4, 0.5) is 10.5 Å². The molecule has 2 amide bonds. The first-order valence-electron chi connectivity index (χ1n) is 8.58. The summed E-state index contributed by atoms with van der Waals surface area (Å²) in [4.78, 5) is 14.4. The summed E-state index contributed by atoms with van der Waals surface area (Å²) >= 11 is 0. The highest BCUT2D eigenvalue weighted by molar-refractivity contribution is 5.89. The fraction of sp³-hybridized carbons (Fsp3) is 0.350. The molecule has 132 valence electrons. The number of carbonyl (C=O) groups is 1. The van der Waals surface area contributed by atoms with Crippen LogP contribution in [0, 0.1) is 0 Å². The molecule has 1 aliphatic heterocycles. The highest BCUT2D eigenvalue weighted by Crippen LogP contribution is 2.24. The number of amides is 2. The topological polar surface area (TPSA) is 50.8 Å². The summed E-state index contributed by atoms with van der Waals surface area (Å²) in [5.74, 6) is 0.857. The summed E-state index contributed by atoms with van der Waals surface area (Å²) in [6.07, 6.45) is 0.860. The van der Waals surface area contributed by atoms with Gasteiger partial charge in [-0.3, -0.25) is 0 Å². The normalized spacial score (nSPS) is 13.3.